The van der Waals surface area contributed by atoms with Crippen molar-refractivity contribution in [1.82, 2.24) is 24.1 Å². The molecule has 8 nitrogen and oxygen atoms in total. The Kier molecular flexibility index (Phi) is 6.65. The van der Waals surface area contributed by atoms with Crippen LogP contribution in [0.1, 0.15) is 12.0 Å². The van der Waals surface area contributed by atoms with Gasteiger partial charge < -0.3 is 14.6 Å². The molecule has 0 atom stereocenters. The predicted molar refractivity (Wildman–Crippen MR) is 132 cm³/mol. The molecule has 0 radical (unpaired) electrons. The third kappa shape index (κ3) is 5.07. The zero-order valence-electron chi connectivity index (χ0n) is 19.1. The number of benzene rings is 2. The van der Waals surface area contributed by atoms with Crippen LogP contribution < -0.4 is 15.6 Å². The molecule has 2 aromatic carbocycles. The van der Waals surface area contributed by atoms with Crippen LogP contribution in [0.25, 0.3) is 11.2 Å². The molecule has 0 aliphatic heterocycles. The van der Waals surface area contributed by atoms with Gasteiger partial charge in [-0.15, -0.1) is 0 Å². The van der Waals surface area contributed by atoms with Gasteiger partial charge in [-0.3, -0.25) is 13.8 Å². The van der Waals surface area contributed by atoms with Crippen LogP contribution in [0.4, 0.5) is 20.4 Å². The van der Waals surface area contributed by atoms with Gasteiger partial charge in [0.1, 0.15) is 11.6 Å². The quantitative estimate of drug-likeness (QED) is 0.312. The van der Waals surface area contributed by atoms with Crippen molar-refractivity contribution in [2.75, 3.05) is 12.0 Å². The van der Waals surface area contributed by atoms with Crippen LogP contribution in [0.5, 0.6) is 11.6 Å². The summed E-state index contributed by atoms with van der Waals surface area (Å²) in [7, 11) is 0. The highest BCUT2D eigenvalue weighted by Gasteiger charge is 2.17. The van der Waals surface area contributed by atoms with Crippen molar-refractivity contribution < 1.29 is 13.5 Å². The second kappa shape index (κ2) is 10.3. The van der Waals surface area contributed by atoms with E-state index in [1.54, 1.807) is 63.9 Å². The Hall–Kier alpha value is -4.60. The van der Waals surface area contributed by atoms with Gasteiger partial charge in [-0.2, -0.15) is 4.98 Å². The molecule has 36 heavy (non-hydrogen) atoms. The van der Waals surface area contributed by atoms with Gasteiger partial charge in [0.05, 0.1) is 19.5 Å². The van der Waals surface area contributed by atoms with Crippen molar-refractivity contribution in [2.45, 2.75) is 19.5 Å². The normalized spacial score (nSPS) is 11.1. The second-order valence-electron chi connectivity index (χ2n) is 8.03. The van der Waals surface area contributed by atoms with E-state index in [1.807, 2.05) is 6.07 Å². The van der Waals surface area contributed by atoms with Crippen LogP contribution in [-0.2, 0) is 13.1 Å². The average Bonchev–Trinajstić information content (AvgIpc) is 3.32. The molecule has 3 heterocycles. The number of nitrogens with zero attached hydrogens (tertiary/aromatic N) is 5. The minimum absolute atomic E-state index is 0.260. The van der Waals surface area contributed by atoms with Crippen LogP contribution in [0.3, 0.4) is 0 Å². The van der Waals surface area contributed by atoms with E-state index in [2.05, 4.69) is 20.3 Å². The number of anilines is 2. The van der Waals surface area contributed by atoms with Crippen molar-refractivity contribution >= 4 is 22.8 Å². The molecule has 10 heteroatoms. The molecule has 182 valence electrons. The van der Waals surface area contributed by atoms with Crippen LogP contribution in [0, 0.1) is 5.82 Å². The maximum atomic E-state index is 13.5. The van der Waals surface area contributed by atoms with Crippen LogP contribution in [-0.4, -0.2) is 30.8 Å². The highest BCUT2D eigenvalue weighted by molar-refractivity contribution is 5.73. The van der Waals surface area contributed by atoms with Crippen molar-refractivity contribution in [3.05, 3.63) is 101 Å². The Bertz CT molecular complexity index is 1520. The SMILES string of the molecule is O=c1nc(Nc2ccc(Oc3ccccn3)cc2)n(Cc2ccc(F)cc2)c2ncn(CCCF)c12. The van der Waals surface area contributed by atoms with Gasteiger partial charge in [-0.1, -0.05) is 18.2 Å². The highest BCUT2D eigenvalue weighted by Crippen LogP contribution is 2.24. The molecule has 0 saturated carbocycles. The van der Waals surface area contributed by atoms with E-state index in [-0.39, 0.29) is 30.2 Å². The Morgan fingerprint density at radius 3 is 2.50 bits per heavy atom. The largest absolute Gasteiger partial charge is 0.439 e. The number of imidazole rings is 1. The zero-order chi connectivity index (χ0) is 24.9. The van der Waals surface area contributed by atoms with Gasteiger partial charge in [0.2, 0.25) is 11.8 Å². The molecule has 0 spiro atoms. The number of halogens is 2. The molecule has 5 aromatic rings. The Balaban J connectivity index is 1.49. The minimum atomic E-state index is -0.503. The predicted octanol–water partition coefficient (Wildman–Crippen LogP) is 5.07. The summed E-state index contributed by atoms with van der Waals surface area (Å²) in [6.45, 7) is 0.0922. The number of aryl methyl sites for hydroxylation is 1. The number of ether oxygens (including phenoxy) is 1. The number of pyridine rings is 1. The molecule has 1 N–H and O–H groups in total. The number of hydrogen-bond donors (Lipinski definition) is 1. The van der Waals surface area contributed by atoms with Gasteiger partial charge in [-0.05, 0) is 54.4 Å². The van der Waals surface area contributed by atoms with Gasteiger partial charge in [0.25, 0.3) is 0 Å². The van der Waals surface area contributed by atoms with Crippen LogP contribution in [0.15, 0.2) is 84.0 Å². The van der Waals surface area contributed by atoms with Crippen molar-refractivity contribution in [1.29, 1.82) is 0 Å². The minimum Gasteiger partial charge on any atom is -0.439 e. The summed E-state index contributed by atoms with van der Waals surface area (Å²) >= 11 is 0. The lowest BCUT2D eigenvalue weighted by molar-refractivity contribution is 0.449. The molecular formula is C26H22F2N6O2. The number of aromatic nitrogens is 5. The molecular weight excluding hydrogens is 466 g/mol. The standard InChI is InChI=1S/C26H22F2N6O2/c27-13-3-15-33-17-30-24-23(33)25(35)32-26(34(24)16-18-5-7-19(28)8-6-18)31-20-9-11-21(12-10-20)36-22-4-1-2-14-29-22/h1-2,4-12,14,17H,3,13,15-16H2,(H,31,32,35). The summed E-state index contributed by atoms with van der Waals surface area (Å²) in [6, 6.07) is 18.6. The summed E-state index contributed by atoms with van der Waals surface area (Å²) in [5, 5.41) is 3.18. The molecule has 0 aliphatic rings. The lowest BCUT2D eigenvalue weighted by Gasteiger charge is -2.16. The fourth-order valence-electron chi connectivity index (χ4n) is 3.78. The third-order valence-electron chi connectivity index (χ3n) is 5.50. The Morgan fingerprint density at radius 1 is 0.972 bits per heavy atom. The summed E-state index contributed by atoms with van der Waals surface area (Å²) in [6.07, 6.45) is 3.42. The first-order valence-corrected chi connectivity index (χ1v) is 11.3. The van der Waals surface area contributed by atoms with Gasteiger partial charge in [-0.25, -0.2) is 14.4 Å². The molecule has 0 unspecified atom stereocenters. The number of hydrogen-bond acceptors (Lipinski definition) is 6. The van der Waals surface area contributed by atoms with Gasteiger partial charge in [0.15, 0.2) is 11.2 Å². The number of rotatable bonds is 9. The average molecular weight is 488 g/mol. The van der Waals surface area contributed by atoms with Crippen LogP contribution in [0.2, 0.25) is 0 Å². The van der Waals surface area contributed by atoms with Crippen LogP contribution >= 0.6 is 0 Å². The van der Waals surface area contributed by atoms with Gasteiger partial charge in [0, 0.05) is 24.5 Å². The van der Waals surface area contributed by atoms with Gasteiger partial charge >= 0.3 is 5.56 Å². The van der Waals surface area contributed by atoms with E-state index in [1.165, 1.54) is 18.5 Å². The molecule has 0 amide bonds. The van der Waals surface area contributed by atoms with Crippen molar-refractivity contribution in [3.8, 4) is 11.6 Å². The number of fused-ring (bicyclic) bond motifs is 1. The first-order valence-electron chi connectivity index (χ1n) is 11.3. The van der Waals surface area contributed by atoms with E-state index < -0.39 is 12.2 Å². The summed E-state index contributed by atoms with van der Waals surface area (Å²) < 4.78 is 35.3. The second-order valence-corrected chi connectivity index (χ2v) is 8.03. The smallest absolute Gasteiger partial charge is 0.300 e. The lowest BCUT2D eigenvalue weighted by Crippen LogP contribution is -2.20. The zero-order valence-corrected chi connectivity index (χ0v) is 19.1. The molecule has 0 fully saturated rings. The topological polar surface area (TPSA) is 86.9 Å². The number of nitrogens with one attached hydrogen (secondary N) is 1. The Labute approximate surface area is 204 Å². The van der Waals surface area contributed by atoms with E-state index >= 15 is 0 Å². The summed E-state index contributed by atoms with van der Waals surface area (Å²) in [5.41, 5.74) is 1.67. The van der Waals surface area contributed by atoms with E-state index in [9.17, 15) is 13.6 Å². The highest BCUT2D eigenvalue weighted by atomic mass is 19.1. The molecule has 0 aliphatic carbocycles. The summed E-state index contributed by atoms with van der Waals surface area (Å²) in [4.78, 5) is 25.8. The molecule has 5 rings (SSSR count). The monoisotopic (exact) mass is 488 g/mol. The lowest BCUT2D eigenvalue weighted by atomic mass is 10.2. The fraction of sp³-hybridized carbons (Fsp3) is 0.154. The fourth-order valence-corrected chi connectivity index (χ4v) is 3.78. The number of alkyl halides is 1. The Morgan fingerprint density at radius 2 is 1.78 bits per heavy atom. The van der Waals surface area contributed by atoms with E-state index in [0.717, 1.165) is 5.56 Å². The first-order chi connectivity index (χ1) is 17.6. The molecule has 3 aromatic heterocycles. The summed E-state index contributed by atoms with van der Waals surface area (Å²) in [5.74, 6) is 0.995. The maximum absolute atomic E-state index is 13.5. The first kappa shape index (κ1) is 23.2. The van der Waals surface area contributed by atoms with Crippen molar-refractivity contribution in [2.24, 2.45) is 0 Å². The van der Waals surface area contributed by atoms with E-state index in [4.69, 9.17) is 4.74 Å². The van der Waals surface area contributed by atoms with Crippen molar-refractivity contribution in [3.63, 3.8) is 0 Å². The molecule has 0 saturated heterocycles. The molecule has 0 bridgehead atoms. The third-order valence-corrected chi connectivity index (χ3v) is 5.50. The van der Waals surface area contributed by atoms with E-state index in [0.29, 0.717) is 29.5 Å². The maximum Gasteiger partial charge on any atom is 0.300 e.